The number of hydrogen-bond acceptors (Lipinski definition) is 2. The third-order valence-corrected chi connectivity index (χ3v) is 11.2. The molecule has 0 atom stereocenters. The molecular formula is C53H36N4. The molecule has 11 rings (SSSR count). The van der Waals surface area contributed by atoms with E-state index in [1.165, 1.54) is 43.6 Å². The van der Waals surface area contributed by atoms with Gasteiger partial charge in [0.2, 0.25) is 0 Å². The van der Waals surface area contributed by atoms with Crippen molar-refractivity contribution in [2.24, 2.45) is 0 Å². The molecule has 0 N–H and O–H groups in total. The first-order chi connectivity index (χ1) is 28.3. The average molecular weight is 729 g/mol. The molecule has 4 nitrogen and oxygen atoms in total. The SMILES string of the molecule is c1ccc(N(c2ccc(-c3cc(-c4ccc5c6ccccc6n(-c6ccccc6)c5c4)cc(-n4c5ccccc5c5ccccc54)c3)cc2)c2cccnc2)cc1. The second-order valence-electron chi connectivity index (χ2n) is 14.5. The lowest BCUT2D eigenvalue weighted by molar-refractivity contribution is 1.18. The maximum absolute atomic E-state index is 4.45. The van der Waals surface area contributed by atoms with Crippen molar-refractivity contribution < 1.29 is 0 Å². The number of aromatic nitrogens is 3. The molecule has 8 aromatic carbocycles. The van der Waals surface area contributed by atoms with E-state index in [1.807, 2.05) is 18.5 Å². The average Bonchev–Trinajstić information content (AvgIpc) is 3.80. The van der Waals surface area contributed by atoms with Gasteiger partial charge >= 0.3 is 0 Å². The minimum absolute atomic E-state index is 1.01. The van der Waals surface area contributed by atoms with E-state index in [0.717, 1.165) is 50.7 Å². The molecule has 57 heavy (non-hydrogen) atoms. The summed E-state index contributed by atoms with van der Waals surface area (Å²) in [5.74, 6) is 0. The van der Waals surface area contributed by atoms with Crippen molar-refractivity contribution in [2.45, 2.75) is 0 Å². The second kappa shape index (κ2) is 13.6. The molecule has 0 saturated heterocycles. The van der Waals surface area contributed by atoms with E-state index in [0.29, 0.717) is 0 Å². The zero-order valence-electron chi connectivity index (χ0n) is 31.1. The molecule has 3 heterocycles. The number of pyridine rings is 1. The predicted octanol–water partition coefficient (Wildman–Crippen LogP) is 14.1. The first-order valence-electron chi connectivity index (χ1n) is 19.4. The number of benzene rings is 8. The first-order valence-corrected chi connectivity index (χ1v) is 19.4. The highest BCUT2D eigenvalue weighted by atomic mass is 15.1. The van der Waals surface area contributed by atoms with Crippen LogP contribution in [0.15, 0.2) is 219 Å². The second-order valence-corrected chi connectivity index (χ2v) is 14.5. The number of anilines is 3. The molecule has 0 aliphatic rings. The first kappa shape index (κ1) is 32.7. The molecule has 4 heteroatoms. The Bertz CT molecular complexity index is 3120. The summed E-state index contributed by atoms with van der Waals surface area (Å²) in [7, 11) is 0. The molecule has 3 aromatic heterocycles. The molecule has 268 valence electrons. The molecule has 0 radical (unpaired) electrons. The van der Waals surface area contributed by atoms with E-state index < -0.39 is 0 Å². The minimum atomic E-state index is 1.01. The third-order valence-electron chi connectivity index (χ3n) is 11.2. The van der Waals surface area contributed by atoms with E-state index in [4.69, 9.17) is 0 Å². The molecule has 0 bridgehead atoms. The largest absolute Gasteiger partial charge is 0.309 e. The molecule has 0 amide bonds. The zero-order valence-corrected chi connectivity index (χ0v) is 31.1. The van der Waals surface area contributed by atoms with E-state index in [1.54, 1.807) is 0 Å². The van der Waals surface area contributed by atoms with E-state index in [9.17, 15) is 0 Å². The van der Waals surface area contributed by atoms with Crippen molar-refractivity contribution >= 4 is 60.7 Å². The number of hydrogen-bond donors (Lipinski definition) is 0. The number of para-hydroxylation sites is 5. The Labute approximate surface area is 330 Å². The van der Waals surface area contributed by atoms with Crippen molar-refractivity contribution in [1.29, 1.82) is 0 Å². The van der Waals surface area contributed by atoms with Crippen molar-refractivity contribution in [1.82, 2.24) is 14.1 Å². The molecule has 0 unspecified atom stereocenters. The molecule has 11 aromatic rings. The lowest BCUT2D eigenvalue weighted by Gasteiger charge is -2.25. The van der Waals surface area contributed by atoms with Crippen LogP contribution in [0.25, 0.3) is 77.2 Å². The summed E-state index contributed by atoms with van der Waals surface area (Å²) in [6.45, 7) is 0. The van der Waals surface area contributed by atoms with Gasteiger partial charge in [0, 0.05) is 50.5 Å². The number of rotatable bonds is 7. The van der Waals surface area contributed by atoms with Crippen molar-refractivity contribution in [2.75, 3.05) is 4.90 Å². The Hall–Kier alpha value is -7.69. The Morgan fingerprint density at radius 2 is 0.807 bits per heavy atom. The molecule has 0 spiro atoms. The summed E-state index contributed by atoms with van der Waals surface area (Å²) >= 11 is 0. The van der Waals surface area contributed by atoms with Crippen LogP contribution in [0.3, 0.4) is 0 Å². The van der Waals surface area contributed by atoms with Crippen molar-refractivity contribution in [3.63, 3.8) is 0 Å². The fourth-order valence-electron chi connectivity index (χ4n) is 8.59. The monoisotopic (exact) mass is 728 g/mol. The fourth-order valence-corrected chi connectivity index (χ4v) is 8.59. The Kier molecular flexibility index (Phi) is 7.78. The highest BCUT2D eigenvalue weighted by molar-refractivity contribution is 6.11. The van der Waals surface area contributed by atoms with Gasteiger partial charge in [-0.3, -0.25) is 4.98 Å². The normalized spacial score (nSPS) is 11.5. The standard InChI is InChI=1S/C53H36N4/c1-3-14-41(15-4-1)55(44-18-13-31-54-36-44)43-28-25-37(26-29-43)39-32-40(34-45(33-39)57-51-23-11-7-19-46(51)47-20-8-12-24-52(47)57)38-27-30-49-48-21-9-10-22-50(48)56(53(49)35-38)42-16-5-2-6-17-42/h1-36H. The molecule has 0 aliphatic carbocycles. The number of fused-ring (bicyclic) bond motifs is 6. The summed E-state index contributed by atoms with van der Waals surface area (Å²) in [5, 5.41) is 4.98. The van der Waals surface area contributed by atoms with E-state index in [2.05, 4.69) is 219 Å². The molecule has 0 fully saturated rings. The van der Waals surface area contributed by atoms with Crippen LogP contribution in [0.2, 0.25) is 0 Å². The van der Waals surface area contributed by atoms with Gasteiger partial charge in [0.1, 0.15) is 0 Å². The fraction of sp³-hybridized carbons (Fsp3) is 0. The van der Waals surface area contributed by atoms with Gasteiger partial charge in [-0.2, -0.15) is 0 Å². The van der Waals surface area contributed by atoms with Crippen LogP contribution in [0.4, 0.5) is 17.1 Å². The smallest absolute Gasteiger partial charge is 0.0644 e. The van der Waals surface area contributed by atoms with E-state index in [-0.39, 0.29) is 0 Å². The highest BCUT2D eigenvalue weighted by Crippen LogP contribution is 2.40. The van der Waals surface area contributed by atoms with Crippen LogP contribution < -0.4 is 4.90 Å². The van der Waals surface area contributed by atoms with Gasteiger partial charge < -0.3 is 14.0 Å². The van der Waals surface area contributed by atoms with Crippen LogP contribution in [0.1, 0.15) is 0 Å². The molecular weight excluding hydrogens is 693 g/mol. The van der Waals surface area contributed by atoms with Crippen LogP contribution in [-0.4, -0.2) is 14.1 Å². The predicted molar refractivity (Wildman–Crippen MR) is 238 cm³/mol. The molecule has 0 saturated carbocycles. The van der Waals surface area contributed by atoms with E-state index >= 15 is 0 Å². The van der Waals surface area contributed by atoms with Gasteiger partial charge in [0.05, 0.1) is 34.0 Å². The minimum Gasteiger partial charge on any atom is -0.309 e. The third kappa shape index (κ3) is 5.58. The van der Waals surface area contributed by atoms with Crippen molar-refractivity contribution in [3.05, 3.63) is 219 Å². The Balaban J connectivity index is 1.12. The molecule has 0 aliphatic heterocycles. The summed E-state index contributed by atoms with van der Waals surface area (Å²) < 4.78 is 4.82. The van der Waals surface area contributed by atoms with Gasteiger partial charge in [-0.25, -0.2) is 0 Å². The topological polar surface area (TPSA) is 26.0 Å². The summed E-state index contributed by atoms with van der Waals surface area (Å²) in [4.78, 5) is 6.69. The van der Waals surface area contributed by atoms with Gasteiger partial charge in [-0.05, 0) is 113 Å². The van der Waals surface area contributed by atoms with Crippen LogP contribution in [0.5, 0.6) is 0 Å². The maximum atomic E-state index is 4.45. The summed E-state index contributed by atoms with van der Waals surface area (Å²) in [5.41, 5.74) is 14.8. The Morgan fingerprint density at radius 3 is 1.42 bits per heavy atom. The van der Waals surface area contributed by atoms with Crippen LogP contribution in [0, 0.1) is 0 Å². The van der Waals surface area contributed by atoms with Gasteiger partial charge in [0.25, 0.3) is 0 Å². The van der Waals surface area contributed by atoms with Gasteiger partial charge in [-0.15, -0.1) is 0 Å². The number of nitrogens with zero attached hydrogens (tertiary/aromatic N) is 4. The highest BCUT2D eigenvalue weighted by Gasteiger charge is 2.18. The van der Waals surface area contributed by atoms with Gasteiger partial charge in [0.15, 0.2) is 0 Å². The lowest BCUT2D eigenvalue weighted by atomic mass is 9.96. The van der Waals surface area contributed by atoms with Crippen LogP contribution >= 0.6 is 0 Å². The maximum Gasteiger partial charge on any atom is 0.0644 e. The van der Waals surface area contributed by atoms with Crippen LogP contribution in [-0.2, 0) is 0 Å². The quantitative estimate of drug-likeness (QED) is 0.163. The zero-order chi connectivity index (χ0) is 37.7. The Morgan fingerprint density at radius 1 is 0.316 bits per heavy atom. The van der Waals surface area contributed by atoms with Crippen molar-refractivity contribution in [3.8, 4) is 33.6 Å². The summed E-state index contributed by atoms with van der Waals surface area (Å²) in [6, 6.07) is 74.3. The lowest BCUT2D eigenvalue weighted by Crippen LogP contribution is -2.09. The van der Waals surface area contributed by atoms with Gasteiger partial charge in [-0.1, -0.05) is 115 Å². The summed E-state index contributed by atoms with van der Waals surface area (Å²) in [6.07, 6.45) is 3.73.